The second-order valence-corrected chi connectivity index (χ2v) is 4.11. The molecular weight excluding hydrogens is 214 g/mol. The number of aryl methyl sites for hydroxylation is 1. The van der Waals surface area contributed by atoms with Crippen molar-refractivity contribution >= 4 is 22.5 Å². The van der Waals surface area contributed by atoms with E-state index in [9.17, 15) is 4.79 Å². The minimum atomic E-state index is -0.256. The van der Waals surface area contributed by atoms with E-state index in [0.717, 1.165) is 5.69 Å². The maximum Gasteiger partial charge on any atom is 0.321 e. The molecule has 6 heteroatoms. The maximum absolute atomic E-state index is 11.4. The summed E-state index contributed by atoms with van der Waals surface area (Å²) in [6.45, 7) is 4.24. The van der Waals surface area contributed by atoms with Gasteiger partial charge in [-0.3, -0.25) is 5.32 Å². The number of nitrogens with one attached hydrogen (secondary N) is 2. The summed E-state index contributed by atoms with van der Waals surface area (Å²) >= 11 is 1.40. The van der Waals surface area contributed by atoms with Gasteiger partial charge in [0.1, 0.15) is 0 Å². The quantitative estimate of drug-likeness (QED) is 0.824. The molecule has 0 saturated carbocycles. The molecule has 1 aromatic rings. The van der Waals surface area contributed by atoms with Gasteiger partial charge in [-0.2, -0.15) is 0 Å². The van der Waals surface area contributed by atoms with E-state index in [0.29, 0.717) is 11.7 Å². The number of ether oxygens (including phenoxy) is 1. The number of rotatable bonds is 4. The lowest BCUT2D eigenvalue weighted by Crippen LogP contribution is -2.38. The number of carbonyl (C=O) groups is 1. The number of hydrogen-bond donors (Lipinski definition) is 2. The number of aromatic nitrogens is 1. The predicted octanol–water partition coefficient (Wildman–Crippen LogP) is 1.61. The van der Waals surface area contributed by atoms with Gasteiger partial charge in [0.2, 0.25) is 0 Å². The fraction of sp³-hybridized carbons (Fsp3) is 0.556. The van der Waals surface area contributed by atoms with Gasteiger partial charge in [-0.1, -0.05) is 0 Å². The molecule has 1 aromatic heterocycles. The van der Waals surface area contributed by atoms with Crippen molar-refractivity contribution in [3.05, 3.63) is 11.1 Å². The highest BCUT2D eigenvalue weighted by molar-refractivity contribution is 7.13. The van der Waals surface area contributed by atoms with Gasteiger partial charge < -0.3 is 10.1 Å². The molecule has 1 rings (SSSR count). The fourth-order valence-electron chi connectivity index (χ4n) is 1.06. The van der Waals surface area contributed by atoms with E-state index in [1.807, 2.05) is 19.2 Å². The normalized spacial score (nSPS) is 12.2. The summed E-state index contributed by atoms with van der Waals surface area (Å²) in [5.41, 5.74) is 0.903. The number of carbonyl (C=O) groups excluding carboxylic acids is 1. The number of methoxy groups -OCH3 is 1. The minimum Gasteiger partial charge on any atom is -0.383 e. The lowest BCUT2D eigenvalue weighted by molar-refractivity contribution is 0.173. The van der Waals surface area contributed by atoms with Gasteiger partial charge in [0.05, 0.1) is 18.3 Å². The molecule has 0 aliphatic rings. The van der Waals surface area contributed by atoms with E-state index in [-0.39, 0.29) is 12.1 Å². The van der Waals surface area contributed by atoms with Crippen LogP contribution in [-0.2, 0) is 4.74 Å². The number of urea groups is 1. The average Bonchev–Trinajstić information content (AvgIpc) is 2.51. The lowest BCUT2D eigenvalue weighted by atomic mass is 10.4. The van der Waals surface area contributed by atoms with Gasteiger partial charge >= 0.3 is 6.03 Å². The third kappa shape index (κ3) is 4.26. The third-order valence-corrected chi connectivity index (χ3v) is 2.51. The number of thiazole rings is 1. The van der Waals surface area contributed by atoms with Crippen molar-refractivity contribution in [3.8, 4) is 0 Å². The topological polar surface area (TPSA) is 63.2 Å². The number of hydrogen-bond acceptors (Lipinski definition) is 4. The lowest BCUT2D eigenvalue weighted by Gasteiger charge is -2.12. The first-order valence-electron chi connectivity index (χ1n) is 4.60. The van der Waals surface area contributed by atoms with Crippen LogP contribution in [0.15, 0.2) is 5.38 Å². The molecule has 0 spiro atoms. The molecule has 84 valence electrons. The Morgan fingerprint density at radius 3 is 3.00 bits per heavy atom. The summed E-state index contributed by atoms with van der Waals surface area (Å²) in [6, 6.07) is -0.273. The Hall–Kier alpha value is -1.14. The van der Waals surface area contributed by atoms with Crippen LogP contribution in [0.25, 0.3) is 0 Å². The van der Waals surface area contributed by atoms with Crippen LogP contribution < -0.4 is 10.6 Å². The largest absolute Gasteiger partial charge is 0.383 e. The van der Waals surface area contributed by atoms with Crippen molar-refractivity contribution < 1.29 is 9.53 Å². The van der Waals surface area contributed by atoms with Gasteiger partial charge in [0, 0.05) is 12.5 Å². The first-order chi connectivity index (χ1) is 7.11. The number of nitrogens with zero attached hydrogens (tertiary/aromatic N) is 1. The molecule has 0 aliphatic carbocycles. The van der Waals surface area contributed by atoms with E-state index in [1.54, 1.807) is 7.11 Å². The zero-order valence-corrected chi connectivity index (χ0v) is 9.85. The van der Waals surface area contributed by atoms with Crippen LogP contribution >= 0.6 is 11.3 Å². The number of amides is 2. The summed E-state index contributed by atoms with van der Waals surface area (Å²) in [7, 11) is 1.60. The Labute approximate surface area is 92.9 Å². The molecule has 0 aromatic carbocycles. The van der Waals surface area contributed by atoms with E-state index in [1.165, 1.54) is 11.3 Å². The Balaban J connectivity index is 2.36. The van der Waals surface area contributed by atoms with E-state index in [4.69, 9.17) is 4.74 Å². The van der Waals surface area contributed by atoms with Crippen molar-refractivity contribution in [2.24, 2.45) is 0 Å². The molecule has 1 atom stereocenters. The van der Waals surface area contributed by atoms with Crippen LogP contribution in [0.5, 0.6) is 0 Å². The fourth-order valence-corrected chi connectivity index (χ4v) is 1.74. The summed E-state index contributed by atoms with van der Waals surface area (Å²) < 4.78 is 4.90. The Bertz CT molecular complexity index is 327. The third-order valence-electron chi connectivity index (χ3n) is 1.63. The smallest absolute Gasteiger partial charge is 0.321 e. The van der Waals surface area contributed by atoms with Gasteiger partial charge in [0.15, 0.2) is 5.13 Å². The zero-order chi connectivity index (χ0) is 11.3. The highest BCUT2D eigenvalue weighted by atomic mass is 32.1. The van der Waals surface area contributed by atoms with Crippen LogP contribution in [0.4, 0.5) is 9.93 Å². The molecule has 0 bridgehead atoms. The maximum atomic E-state index is 11.4. The molecule has 15 heavy (non-hydrogen) atoms. The van der Waals surface area contributed by atoms with E-state index < -0.39 is 0 Å². The van der Waals surface area contributed by atoms with E-state index in [2.05, 4.69) is 15.6 Å². The summed E-state index contributed by atoms with van der Waals surface area (Å²) in [5.74, 6) is 0. The molecule has 0 radical (unpaired) electrons. The summed E-state index contributed by atoms with van der Waals surface area (Å²) in [4.78, 5) is 15.5. The van der Waals surface area contributed by atoms with Crippen LogP contribution in [0.1, 0.15) is 12.6 Å². The Morgan fingerprint density at radius 2 is 2.47 bits per heavy atom. The second kappa shape index (κ2) is 5.67. The van der Waals surface area contributed by atoms with Crippen molar-refractivity contribution in [3.63, 3.8) is 0 Å². The van der Waals surface area contributed by atoms with Gasteiger partial charge in [0.25, 0.3) is 0 Å². The van der Waals surface area contributed by atoms with Crippen molar-refractivity contribution in [1.29, 1.82) is 0 Å². The molecule has 2 N–H and O–H groups in total. The molecule has 2 amide bonds. The first-order valence-corrected chi connectivity index (χ1v) is 5.48. The summed E-state index contributed by atoms with van der Waals surface area (Å²) in [5, 5.41) is 7.87. The van der Waals surface area contributed by atoms with Gasteiger partial charge in [-0.15, -0.1) is 11.3 Å². The van der Waals surface area contributed by atoms with E-state index >= 15 is 0 Å². The molecule has 0 aliphatic heterocycles. The highest BCUT2D eigenvalue weighted by Gasteiger charge is 2.08. The van der Waals surface area contributed by atoms with Crippen LogP contribution in [0, 0.1) is 6.92 Å². The summed E-state index contributed by atoms with van der Waals surface area (Å²) in [6.07, 6.45) is 0. The number of anilines is 1. The van der Waals surface area contributed by atoms with Crippen molar-refractivity contribution in [2.45, 2.75) is 19.9 Å². The van der Waals surface area contributed by atoms with Gasteiger partial charge in [-0.05, 0) is 13.8 Å². The van der Waals surface area contributed by atoms with Crippen LogP contribution in [0.3, 0.4) is 0 Å². The monoisotopic (exact) mass is 229 g/mol. The predicted molar refractivity (Wildman–Crippen MR) is 60.3 cm³/mol. The van der Waals surface area contributed by atoms with Crippen molar-refractivity contribution in [1.82, 2.24) is 10.3 Å². The minimum absolute atomic E-state index is 0.0175. The molecule has 5 nitrogen and oxygen atoms in total. The molecular formula is C9H15N3O2S. The van der Waals surface area contributed by atoms with Crippen molar-refractivity contribution in [2.75, 3.05) is 19.0 Å². The highest BCUT2D eigenvalue weighted by Crippen LogP contribution is 2.13. The van der Waals surface area contributed by atoms with Crippen LogP contribution in [0.2, 0.25) is 0 Å². The Kier molecular flexibility index (Phi) is 4.51. The molecule has 0 fully saturated rings. The first kappa shape index (κ1) is 11.9. The SMILES string of the molecule is COCC(C)NC(=O)Nc1nc(C)cs1. The average molecular weight is 229 g/mol. The van der Waals surface area contributed by atoms with Crippen LogP contribution in [-0.4, -0.2) is 30.8 Å². The van der Waals surface area contributed by atoms with Gasteiger partial charge in [-0.25, -0.2) is 9.78 Å². The molecule has 1 unspecified atom stereocenters. The Morgan fingerprint density at radius 1 is 1.73 bits per heavy atom. The molecule has 0 saturated heterocycles. The zero-order valence-electron chi connectivity index (χ0n) is 9.03. The standard InChI is InChI=1S/C9H15N3O2S/c1-6(4-14-3)10-8(13)12-9-11-7(2)5-15-9/h5-6H,4H2,1-3H3,(H2,10,11,12,13). The second-order valence-electron chi connectivity index (χ2n) is 3.25. The molecule has 1 heterocycles.